The van der Waals surface area contributed by atoms with Gasteiger partial charge < -0.3 is 9.80 Å². The molecule has 0 saturated carbocycles. The first-order chi connectivity index (χ1) is 11.1. The van der Waals surface area contributed by atoms with Gasteiger partial charge in [0.25, 0.3) is 0 Å². The number of nitrogens with zero attached hydrogens (tertiary/aromatic N) is 2. The number of carbonyl (C=O) groups is 2. The summed E-state index contributed by atoms with van der Waals surface area (Å²) in [6.45, 7) is 4.37. The zero-order chi connectivity index (χ0) is 16.0. The van der Waals surface area contributed by atoms with Crippen molar-refractivity contribution in [1.29, 1.82) is 0 Å². The van der Waals surface area contributed by atoms with E-state index in [0.717, 1.165) is 44.3 Å². The molecule has 4 rings (SSSR count). The first-order valence-electron chi connectivity index (χ1n) is 8.76. The third kappa shape index (κ3) is 2.27. The molecule has 0 N–H and O–H groups in total. The highest BCUT2D eigenvalue weighted by Gasteiger charge is 2.54. The minimum absolute atomic E-state index is 0.221. The smallest absolute Gasteiger partial charge is 0.235 e. The van der Waals surface area contributed by atoms with Crippen molar-refractivity contribution in [2.24, 2.45) is 0 Å². The molecule has 1 aromatic rings. The average Bonchev–Trinajstić information content (AvgIpc) is 3.25. The normalized spacial score (nSPS) is 30.1. The molecular weight excluding hydrogens is 288 g/mol. The summed E-state index contributed by atoms with van der Waals surface area (Å²) < 4.78 is 0. The number of likely N-dealkylation sites (tertiary alicyclic amines) is 1. The minimum Gasteiger partial charge on any atom is -0.342 e. The van der Waals surface area contributed by atoms with Crippen LogP contribution in [0.3, 0.4) is 0 Å². The Balaban J connectivity index is 1.75. The lowest BCUT2D eigenvalue weighted by molar-refractivity contribution is -0.136. The van der Waals surface area contributed by atoms with E-state index >= 15 is 0 Å². The van der Waals surface area contributed by atoms with E-state index in [0.29, 0.717) is 13.0 Å². The summed E-state index contributed by atoms with van der Waals surface area (Å²) in [5, 5.41) is 0. The molecule has 2 atom stereocenters. The van der Waals surface area contributed by atoms with E-state index < -0.39 is 5.41 Å². The summed E-state index contributed by atoms with van der Waals surface area (Å²) >= 11 is 0. The number of carbonyl (C=O) groups excluding carboxylic acids is 2. The zero-order valence-electron chi connectivity index (χ0n) is 13.8. The fraction of sp³-hybridized carbons (Fsp3) is 0.579. The number of fused-ring (bicyclic) bond motifs is 1. The molecule has 3 heterocycles. The number of benzene rings is 1. The molecule has 1 aromatic carbocycles. The third-order valence-corrected chi connectivity index (χ3v) is 5.85. The Bertz CT molecular complexity index is 651. The van der Waals surface area contributed by atoms with Crippen LogP contribution in [0.5, 0.6) is 0 Å². The summed E-state index contributed by atoms with van der Waals surface area (Å²) in [7, 11) is 0. The highest BCUT2D eigenvalue weighted by atomic mass is 16.2. The lowest BCUT2D eigenvalue weighted by Crippen LogP contribution is -2.48. The quantitative estimate of drug-likeness (QED) is 0.840. The topological polar surface area (TPSA) is 40.6 Å². The molecule has 3 saturated heterocycles. The molecular formula is C19H24N2O2. The van der Waals surface area contributed by atoms with Gasteiger partial charge in [-0.15, -0.1) is 0 Å². The van der Waals surface area contributed by atoms with E-state index in [-0.39, 0.29) is 17.9 Å². The SMILES string of the molecule is Cc1cccc([C@@]2(C(=O)N3CCCC3)C[C@@H]3CCC(=O)N3C2)c1. The van der Waals surface area contributed by atoms with Gasteiger partial charge in [0, 0.05) is 32.1 Å². The van der Waals surface area contributed by atoms with Gasteiger partial charge in [0.15, 0.2) is 0 Å². The van der Waals surface area contributed by atoms with E-state index in [1.54, 1.807) is 0 Å². The van der Waals surface area contributed by atoms with Gasteiger partial charge >= 0.3 is 0 Å². The Morgan fingerprint density at radius 1 is 1.26 bits per heavy atom. The molecule has 3 aliphatic heterocycles. The van der Waals surface area contributed by atoms with Crippen molar-refractivity contribution in [3.63, 3.8) is 0 Å². The second-order valence-corrected chi connectivity index (χ2v) is 7.37. The summed E-state index contributed by atoms with van der Waals surface area (Å²) in [5.74, 6) is 0.460. The Labute approximate surface area is 137 Å². The molecule has 0 unspecified atom stereocenters. The fourth-order valence-electron chi connectivity index (χ4n) is 4.63. The predicted octanol–water partition coefficient (Wildman–Crippen LogP) is 2.25. The minimum atomic E-state index is -0.531. The number of amides is 2. The van der Waals surface area contributed by atoms with Gasteiger partial charge in [0.05, 0.1) is 5.41 Å². The molecule has 0 aliphatic carbocycles. The van der Waals surface area contributed by atoms with E-state index in [1.807, 2.05) is 15.9 Å². The summed E-state index contributed by atoms with van der Waals surface area (Å²) in [6.07, 6.45) is 4.53. The van der Waals surface area contributed by atoms with Crippen LogP contribution >= 0.6 is 0 Å². The summed E-state index contributed by atoms with van der Waals surface area (Å²) in [4.78, 5) is 29.6. The van der Waals surface area contributed by atoms with Crippen LogP contribution in [0, 0.1) is 6.92 Å². The highest BCUT2D eigenvalue weighted by molar-refractivity contribution is 5.91. The Morgan fingerprint density at radius 2 is 2.04 bits per heavy atom. The first kappa shape index (κ1) is 14.7. The predicted molar refractivity (Wildman–Crippen MR) is 88.0 cm³/mol. The number of rotatable bonds is 2. The van der Waals surface area contributed by atoms with Crippen LogP contribution in [0.1, 0.15) is 43.2 Å². The van der Waals surface area contributed by atoms with E-state index in [4.69, 9.17) is 0 Å². The lowest BCUT2D eigenvalue weighted by atomic mass is 9.76. The van der Waals surface area contributed by atoms with E-state index in [9.17, 15) is 9.59 Å². The van der Waals surface area contributed by atoms with Crippen molar-refractivity contribution in [3.8, 4) is 0 Å². The van der Waals surface area contributed by atoms with Crippen molar-refractivity contribution < 1.29 is 9.59 Å². The van der Waals surface area contributed by atoms with Crippen LogP contribution in [0.2, 0.25) is 0 Å². The van der Waals surface area contributed by atoms with E-state index in [1.165, 1.54) is 5.56 Å². The Kier molecular flexibility index (Phi) is 3.43. The molecule has 4 heteroatoms. The van der Waals surface area contributed by atoms with Crippen molar-refractivity contribution in [2.45, 2.75) is 50.5 Å². The van der Waals surface area contributed by atoms with Crippen LogP contribution in [0.15, 0.2) is 24.3 Å². The van der Waals surface area contributed by atoms with Crippen molar-refractivity contribution >= 4 is 11.8 Å². The summed E-state index contributed by atoms with van der Waals surface area (Å²) in [6, 6.07) is 8.57. The molecule has 0 radical (unpaired) electrons. The summed E-state index contributed by atoms with van der Waals surface area (Å²) in [5.41, 5.74) is 1.74. The van der Waals surface area contributed by atoms with Gasteiger partial charge in [-0.3, -0.25) is 9.59 Å². The second kappa shape index (κ2) is 5.36. The number of hydrogen-bond acceptors (Lipinski definition) is 2. The van der Waals surface area contributed by atoms with Crippen molar-refractivity contribution in [3.05, 3.63) is 35.4 Å². The van der Waals surface area contributed by atoms with Crippen LogP contribution in [0.25, 0.3) is 0 Å². The standard InChI is InChI=1S/C19H24N2O2/c1-14-5-4-6-15(11-14)19(18(23)20-9-2-3-10-20)12-16-7-8-17(22)21(16)13-19/h4-6,11,16H,2-3,7-10,12-13H2,1H3/t16-,19+/m0/s1. The van der Waals surface area contributed by atoms with Gasteiger partial charge in [0.2, 0.25) is 11.8 Å². The van der Waals surface area contributed by atoms with Gasteiger partial charge in [-0.25, -0.2) is 0 Å². The van der Waals surface area contributed by atoms with Crippen LogP contribution in [0.4, 0.5) is 0 Å². The molecule has 3 aliphatic rings. The largest absolute Gasteiger partial charge is 0.342 e. The molecule has 3 fully saturated rings. The van der Waals surface area contributed by atoms with Gasteiger partial charge in [-0.1, -0.05) is 29.8 Å². The maximum atomic E-state index is 13.4. The molecule has 122 valence electrons. The number of hydrogen-bond donors (Lipinski definition) is 0. The second-order valence-electron chi connectivity index (χ2n) is 7.37. The lowest BCUT2D eigenvalue weighted by Gasteiger charge is -2.33. The van der Waals surface area contributed by atoms with Gasteiger partial charge in [-0.05, 0) is 38.2 Å². The van der Waals surface area contributed by atoms with Gasteiger partial charge in [0.1, 0.15) is 0 Å². The first-order valence-corrected chi connectivity index (χ1v) is 8.76. The maximum absolute atomic E-state index is 13.4. The molecule has 0 aromatic heterocycles. The van der Waals surface area contributed by atoms with Crippen molar-refractivity contribution in [2.75, 3.05) is 19.6 Å². The van der Waals surface area contributed by atoms with E-state index in [2.05, 4.69) is 25.1 Å². The molecule has 23 heavy (non-hydrogen) atoms. The fourth-order valence-corrected chi connectivity index (χ4v) is 4.63. The zero-order valence-corrected chi connectivity index (χ0v) is 13.8. The number of aryl methyl sites for hydroxylation is 1. The average molecular weight is 312 g/mol. The van der Waals surface area contributed by atoms with Crippen molar-refractivity contribution in [1.82, 2.24) is 9.80 Å². The Hall–Kier alpha value is -1.84. The monoisotopic (exact) mass is 312 g/mol. The van der Waals surface area contributed by atoms with Gasteiger partial charge in [-0.2, -0.15) is 0 Å². The van der Waals surface area contributed by atoms with Crippen LogP contribution < -0.4 is 0 Å². The molecule has 2 amide bonds. The van der Waals surface area contributed by atoms with Crippen LogP contribution in [-0.2, 0) is 15.0 Å². The highest BCUT2D eigenvalue weighted by Crippen LogP contribution is 2.44. The molecule has 0 spiro atoms. The molecule has 4 nitrogen and oxygen atoms in total. The third-order valence-electron chi connectivity index (χ3n) is 5.85. The Morgan fingerprint density at radius 3 is 2.74 bits per heavy atom. The molecule has 0 bridgehead atoms. The maximum Gasteiger partial charge on any atom is 0.235 e. The van der Waals surface area contributed by atoms with Crippen LogP contribution in [-0.4, -0.2) is 47.3 Å².